The predicted molar refractivity (Wildman–Crippen MR) is 69.0 cm³/mol. The monoisotopic (exact) mass is 218 g/mol. The minimum absolute atomic E-state index is 0.744. The van der Waals surface area contributed by atoms with Gasteiger partial charge in [0.15, 0.2) is 0 Å². The van der Waals surface area contributed by atoms with Crippen molar-refractivity contribution in [1.82, 2.24) is 5.32 Å². The average Bonchev–Trinajstić information content (AvgIpc) is 2.79. The summed E-state index contributed by atoms with van der Waals surface area (Å²) in [6, 6.07) is 0. The van der Waals surface area contributed by atoms with Crippen molar-refractivity contribution >= 4 is 0 Å². The number of nitrogens with zero attached hydrogens (tertiary/aromatic N) is 1. The molecule has 1 fully saturated rings. The molecule has 0 unspecified atom stereocenters. The van der Waals surface area contributed by atoms with Gasteiger partial charge in [0.2, 0.25) is 0 Å². The summed E-state index contributed by atoms with van der Waals surface area (Å²) in [6.07, 6.45) is 20.4. The van der Waals surface area contributed by atoms with Crippen LogP contribution in [0, 0.1) is 5.92 Å². The fraction of sp³-hybridized carbons (Fsp3) is 0.733. The highest BCUT2D eigenvalue weighted by atomic mass is 14.9. The van der Waals surface area contributed by atoms with E-state index < -0.39 is 0 Å². The van der Waals surface area contributed by atoms with E-state index in [0.717, 1.165) is 5.92 Å². The Kier molecular flexibility index (Phi) is 4.98. The van der Waals surface area contributed by atoms with Gasteiger partial charge in [-0.15, -0.1) is 0 Å². The average molecular weight is 218 g/mol. The molecule has 0 spiro atoms. The molecular formula is C15H24N. The van der Waals surface area contributed by atoms with Crippen LogP contribution in [0.5, 0.6) is 0 Å². The third kappa shape index (κ3) is 3.70. The van der Waals surface area contributed by atoms with Gasteiger partial charge in [-0.05, 0) is 25.0 Å². The Morgan fingerprint density at radius 3 is 1.88 bits per heavy atom. The zero-order valence-corrected chi connectivity index (χ0v) is 10.3. The molecule has 1 aliphatic heterocycles. The van der Waals surface area contributed by atoms with Gasteiger partial charge in [-0.1, -0.05) is 51.4 Å². The summed E-state index contributed by atoms with van der Waals surface area (Å²) >= 11 is 0. The highest BCUT2D eigenvalue weighted by Crippen LogP contribution is 2.27. The number of allylic oxidation sites excluding steroid dienone is 3. The summed E-state index contributed by atoms with van der Waals surface area (Å²) in [7, 11) is 0. The minimum Gasteiger partial charge on any atom is -0.261 e. The van der Waals surface area contributed by atoms with Crippen molar-refractivity contribution in [2.45, 2.75) is 64.2 Å². The molecule has 1 aliphatic carbocycles. The molecule has 0 N–H and O–H groups in total. The molecule has 0 aromatic rings. The van der Waals surface area contributed by atoms with Gasteiger partial charge in [-0.2, -0.15) is 0 Å². The Morgan fingerprint density at radius 2 is 1.38 bits per heavy atom. The van der Waals surface area contributed by atoms with E-state index in [4.69, 9.17) is 0 Å². The second-order valence-electron chi connectivity index (χ2n) is 5.16. The van der Waals surface area contributed by atoms with Crippen LogP contribution in [0.4, 0.5) is 0 Å². The molecule has 0 amide bonds. The van der Waals surface area contributed by atoms with Crippen molar-refractivity contribution in [2.75, 3.05) is 0 Å². The van der Waals surface area contributed by atoms with Crippen molar-refractivity contribution in [3.05, 3.63) is 24.0 Å². The van der Waals surface area contributed by atoms with Crippen LogP contribution in [0.1, 0.15) is 64.2 Å². The molecule has 0 saturated heterocycles. The lowest BCUT2D eigenvalue weighted by atomic mass is 9.92. The van der Waals surface area contributed by atoms with Crippen molar-refractivity contribution in [3.63, 3.8) is 0 Å². The minimum atomic E-state index is 0.744. The van der Waals surface area contributed by atoms with Crippen LogP contribution in [0.25, 0.3) is 0 Å². The first-order valence-electron chi connectivity index (χ1n) is 7.04. The maximum atomic E-state index is 4.49. The van der Waals surface area contributed by atoms with Crippen LogP contribution in [-0.2, 0) is 0 Å². The Hall–Kier alpha value is -0.720. The lowest BCUT2D eigenvalue weighted by Crippen LogP contribution is -2.09. The second kappa shape index (κ2) is 6.78. The molecule has 0 bridgehead atoms. The van der Waals surface area contributed by atoms with Crippen LogP contribution in [0.2, 0.25) is 0 Å². The summed E-state index contributed by atoms with van der Waals surface area (Å²) in [5, 5.41) is 4.49. The van der Waals surface area contributed by atoms with Crippen LogP contribution < -0.4 is 5.32 Å². The second-order valence-corrected chi connectivity index (χ2v) is 5.16. The van der Waals surface area contributed by atoms with E-state index in [9.17, 15) is 0 Å². The largest absolute Gasteiger partial charge is 0.261 e. The highest BCUT2D eigenvalue weighted by Gasteiger charge is 2.16. The summed E-state index contributed by atoms with van der Waals surface area (Å²) in [5.74, 6) is 0.744. The quantitative estimate of drug-likeness (QED) is 0.614. The smallest absolute Gasteiger partial charge is 0.0435 e. The van der Waals surface area contributed by atoms with Crippen molar-refractivity contribution in [1.29, 1.82) is 0 Å². The van der Waals surface area contributed by atoms with Crippen molar-refractivity contribution < 1.29 is 0 Å². The van der Waals surface area contributed by atoms with E-state index in [0.29, 0.717) is 0 Å². The molecule has 1 heteroatoms. The van der Waals surface area contributed by atoms with E-state index in [1.54, 1.807) is 0 Å². The van der Waals surface area contributed by atoms with Gasteiger partial charge in [-0.25, -0.2) is 0 Å². The Labute approximate surface area is 100 Å². The summed E-state index contributed by atoms with van der Waals surface area (Å²) in [4.78, 5) is 0. The Morgan fingerprint density at radius 1 is 0.812 bits per heavy atom. The van der Waals surface area contributed by atoms with E-state index in [1.807, 2.05) is 6.20 Å². The lowest BCUT2D eigenvalue weighted by molar-refractivity contribution is 0.454. The molecule has 89 valence electrons. The van der Waals surface area contributed by atoms with Gasteiger partial charge in [0.25, 0.3) is 0 Å². The van der Waals surface area contributed by atoms with Gasteiger partial charge in [0.1, 0.15) is 0 Å². The molecular weight excluding hydrogens is 194 g/mol. The SMILES string of the molecule is C1=C[N]C(C2CCCCCCCCCC2)=C1. The first kappa shape index (κ1) is 11.8. The fourth-order valence-electron chi connectivity index (χ4n) is 2.84. The molecule has 1 saturated carbocycles. The van der Waals surface area contributed by atoms with E-state index >= 15 is 0 Å². The Balaban J connectivity index is 1.83. The summed E-state index contributed by atoms with van der Waals surface area (Å²) in [5.41, 5.74) is 1.35. The zero-order valence-electron chi connectivity index (χ0n) is 10.3. The van der Waals surface area contributed by atoms with Gasteiger partial charge >= 0.3 is 0 Å². The molecule has 0 aromatic heterocycles. The zero-order chi connectivity index (χ0) is 11.1. The molecule has 2 rings (SSSR count). The molecule has 1 heterocycles. The number of hydrogen-bond donors (Lipinski definition) is 0. The topological polar surface area (TPSA) is 14.1 Å². The van der Waals surface area contributed by atoms with E-state index in [2.05, 4.69) is 17.5 Å². The van der Waals surface area contributed by atoms with Crippen LogP contribution >= 0.6 is 0 Å². The summed E-state index contributed by atoms with van der Waals surface area (Å²) in [6.45, 7) is 0. The van der Waals surface area contributed by atoms with Crippen LogP contribution in [0.3, 0.4) is 0 Å². The normalized spacial score (nSPS) is 24.6. The van der Waals surface area contributed by atoms with E-state index in [1.165, 1.54) is 69.9 Å². The standard InChI is InChI=1S/C15H24N/c1-2-4-6-8-11-14(10-7-5-3-1)15-12-9-13-16-15/h9,12-14H,1-8,10-11H2. The number of hydrogen-bond acceptors (Lipinski definition) is 0. The summed E-state index contributed by atoms with van der Waals surface area (Å²) < 4.78 is 0. The molecule has 2 aliphatic rings. The van der Waals surface area contributed by atoms with Crippen LogP contribution in [-0.4, -0.2) is 0 Å². The predicted octanol–water partition coefficient (Wildman–Crippen LogP) is 4.53. The third-order valence-electron chi connectivity index (χ3n) is 3.85. The molecule has 0 atom stereocenters. The molecule has 1 nitrogen and oxygen atoms in total. The maximum Gasteiger partial charge on any atom is 0.0435 e. The first-order valence-corrected chi connectivity index (χ1v) is 7.04. The molecule has 16 heavy (non-hydrogen) atoms. The lowest BCUT2D eigenvalue weighted by Gasteiger charge is -2.17. The third-order valence-corrected chi connectivity index (χ3v) is 3.85. The van der Waals surface area contributed by atoms with Gasteiger partial charge in [0, 0.05) is 17.8 Å². The number of rotatable bonds is 1. The van der Waals surface area contributed by atoms with Crippen LogP contribution in [0.15, 0.2) is 24.0 Å². The Bertz CT molecular complexity index is 240. The first-order chi connectivity index (χ1) is 7.97. The van der Waals surface area contributed by atoms with Gasteiger partial charge in [-0.3, -0.25) is 5.32 Å². The molecule has 0 aromatic carbocycles. The van der Waals surface area contributed by atoms with E-state index in [-0.39, 0.29) is 0 Å². The van der Waals surface area contributed by atoms with Gasteiger partial charge in [0.05, 0.1) is 0 Å². The van der Waals surface area contributed by atoms with Gasteiger partial charge < -0.3 is 0 Å². The highest BCUT2D eigenvalue weighted by molar-refractivity contribution is 5.21. The maximum absolute atomic E-state index is 4.49. The van der Waals surface area contributed by atoms with Crippen molar-refractivity contribution in [2.24, 2.45) is 5.92 Å². The molecule has 1 radical (unpaired) electrons. The van der Waals surface area contributed by atoms with Crippen molar-refractivity contribution in [3.8, 4) is 0 Å². The fourth-order valence-corrected chi connectivity index (χ4v) is 2.84.